The number of hydrogen-bond acceptors (Lipinski definition) is 3. The molecule has 1 aromatic carbocycles. The molecule has 1 aliphatic heterocycles. The third-order valence-corrected chi connectivity index (χ3v) is 4.66. The number of imide groups is 1. The summed E-state index contributed by atoms with van der Waals surface area (Å²) in [5.41, 5.74) is 0.360. The molecule has 0 bridgehead atoms. The highest BCUT2D eigenvalue weighted by Gasteiger charge is 2.51. The molecule has 0 radical (unpaired) electrons. The number of nitrogens with zero attached hydrogens (tertiary/aromatic N) is 2. The van der Waals surface area contributed by atoms with Gasteiger partial charge in [-0.1, -0.05) is 0 Å². The molecule has 23 heavy (non-hydrogen) atoms. The number of rotatable bonds is 4. The Labute approximate surface area is 133 Å². The number of hydrogen-bond donors (Lipinski definition) is 0. The Morgan fingerprint density at radius 2 is 1.74 bits per heavy atom. The van der Waals surface area contributed by atoms with Gasteiger partial charge in [-0.3, -0.25) is 14.4 Å². The maximum Gasteiger partial charge on any atom is 0.257 e. The van der Waals surface area contributed by atoms with Gasteiger partial charge in [0.2, 0.25) is 11.8 Å². The van der Waals surface area contributed by atoms with Crippen molar-refractivity contribution in [3.8, 4) is 0 Å². The summed E-state index contributed by atoms with van der Waals surface area (Å²) in [6, 6.07) is 4.66. The molecule has 1 atom stereocenters. The van der Waals surface area contributed by atoms with Gasteiger partial charge in [-0.25, -0.2) is 9.29 Å². The lowest BCUT2D eigenvalue weighted by atomic mass is 10.1. The molecule has 1 heterocycles. The van der Waals surface area contributed by atoms with Crippen molar-refractivity contribution in [1.29, 1.82) is 0 Å². The normalized spacial score (nSPS) is 24.2. The molecule has 1 unspecified atom stereocenters. The second-order valence-corrected chi connectivity index (χ2v) is 6.51. The van der Waals surface area contributed by atoms with Crippen LogP contribution in [0.15, 0.2) is 24.3 Å². The maximum absolute atomic E-state index is 13.0. The predicted molar refractivity (Wildman–Crippen MR) is 79.9 cm³/mol. The van der Waals surface area contributed by atoms with Crippen molar-refractivity contribution in [1.82, 2.24) is 4.90 Å². The zero-order valence-electron chi connectivity index (χ0n) is 12.6. The van der Waals surface area contributed by atoms with Crippen molar-refractivity contribution in [3.63, 3.8) is 0 Å². The van der Waals surface area contributed by atoms with Crippen molar-refractivity contribution >= 4 is 23.4 Å². The fraction of sp³-hybridized carbons (Fsp3) is 0.471. The number of carbonyl (C=O) groups excluding carboxylic acids is 3. The van der Waals surface area contributed by atoms with E-state index in [1.54, 1.807) is 4.90 Å². The lowest BCUT2D eigenvalue weighted by Gasteiger charge is -2.27. The molecule has 5 nitrogen and oxygen atoms in total. The van der Waals surface area contributed by atoms with E-state index in [9.17, 15) is 18.8 Å². The molecule has 3 amide bonds. The average molecular weight is 316 g/mol. The smallest absolute Gasteiger partial charge is 0.257 e. The van der Waals surface area contributed by atoms with Crippen molar-refractivity contribution < 1.29 is 18.8 Å². The third-order valence-electron chi connectivity index (χ3n) is 4.66. The summed E-state index contributed by atoms with van der Waals surface area (Å²) in [5, 5.41) is 0. The van der Waals surface area contributed by atoms with Crippen LogP contribution in [-0.4, -0.2) is 34.7 Å². The van der Waals surface area contributed by atoms with Gasteiger partial charge in [0.15, 0.2) is 0 Å². The zero-order valence-corrected chi connectivity index (χ0v) is 12.6. The lowest BCUT2D eigenvalue weighted by Crippen LogP contribution is -2.47. The Morgan fingerprint density at radius 3 is 2.30 bits per heavy atom. The molecular formula is C17H17FN2O3. The maximum atomic E-state index is 13.0. The van der Waals surface area contributed by atoms with E-state index in [1.807, 2.05) is 0 Å². The topological polar surface area (TPSA) is 57.7 Å². The lowest BCUT2D eigenvalue weighted by molar-refractivity contribution is -0.140. The average Bonchev–Trinajstić information content (AvgIpc) is 3.41. The number of carbonyl (C=O) groups is 3. The molecule has 1 aromatic rings. The minimum atomic E-state index is -0.701. The standard InChI is InChI=1S/C17H17FN2O3/c18-11-3-5-13(6-4-11)20-15(21)9-14(17(20)23)19(12-7-8-12)16(22)10-1-2-10/h3-6,10,12,14H,1-2,7-9H2. The Balaban J connectivity index is 1.60. The first-order chi connectivity index (χ1) is 11.1. The van der Waals surface area contributed by atoms with E-state index in [-0.39, 0.29) is 36.1 Å². The van der Waals surface area contributed by atoms with Crippen LogP contribution < -0.4 is 4.90 Å². The summed E-state index contributed by atoms with van der Waals surface area (Å²) < 4.78 is 13.0. The summed E-state index contributed by atoms with van der Waals surface area (Å²) >= 11 is 0. The fourth-order valence-electron chi connectivity index (χ4n) is 3.18. The number of halogens is 1. The Kier molecular flexibility index (Phi) is 3.21. The predicted octanol–water partition coefficient (Wildman–Crippen LogP) is 1.86. The van der Waals surface area contributed by atoms with Gasteiger partial charge in [-0.2, -0.15) is 0 Å². The summed E-state index contributed by atoms with van der Waals surface area (Å²) in [7, 11) is 0. The molecule has 1 saturated heterocycles. The second-order valence-electron chi connectivity index (χ2n) is 6.51. The Morgan fingerprint density at radius 1 is 1.09 bits per heavy atom. The molecule has 3 fully saturated rings. The first kappa shape index (κ1) is 14.4. The van der Waals surface area contributed by atoms with E-state index >= 15 is 0 Å². The van der Waals surface area contributed by atoms with Gasteiger partial charge in [-0.15, -0.1) is 0 Å². The fourth-order valence-corrected chi connectivity index (χ4v) is 3.18. The van der Waals surface area contributed by atoms with Crippen LogP contribution in [-0.2, 0) is 14.4 Å². The first-order valence-corrected chi connectivity index (χ1v) is 8.01. The van der Waals surface area contributed by atoms with E-state index in [4.69, 9.17) is 0 Å². The van der Waals surface area contributed by atoms with E-state index in [2.05, 4.69) is 0 Å². The van der Waals surface area contributed by atoms with Gasteiger partial charge in [-0.05, 0) is 49.9 Å². The number of amides is 3. The minimum absolute atomic E-state index is 0.0135. The quantitative estimate of drug-likeness (QED) is 0.797. The number of benzene rings is 1. The largest absolute Gasteiger partial charge is 0.327 e. The molecule has 0 aromatic heterocycles. The van der Waals surface area contributed by atoms with Crippen molar-refractivity contribution in [2.24, 2.45) is 5.92 Å². The van der Waals surface area contributed by atoms with E-state index in [0.717, 1.165) is 30.6 Å². The molecule has 2 aliphatic carbocycles. The monoisotopic (exact) mass is 316 g/mol. The van der Waals surface area contributed by atoms with Crippen LogP contribution in [0.4, 0.5) is 10.1 Å². The molecule has 3 aliphatic rings. The van der Waals surface area contributed by atoms with Crippen molar-refractivity contribution in [2.45, 2.75) is 44.2 Å². The first-order valence-electron chi connectivity index (χ1n) is 8.01. The molecule has 4 rings (SSSR count). The van der Waals surface area contributed by atoms with E-state index < -0.39 is 11.9 Å². The van der Waals surface area contributed by atoms with Crippen LogP contribution in [0.3, 0.4) is 0 Å². The van der Waals surface area contributed by atoms with Gasteiger partial charge in [0.25, 0.3) is 5.91 Å². The molecule has 2 saturated carbocycles. The summed E-state index contributed by atoms with van der Waals surface area (Å²) in [5.74, 6) is -1.09. The van der Waals surface area contributed by atoms with Crippen LogP contribution in [0.25, 0.3) is 0 Å². The van der Waals surface area contributed by atoms with Gasteiger partial charge in [0.1, 0.15) is 11.9 Å². The minimum Gasteiger partial charge on any atom is -0.327 e. The van der Waals surface area contributed by atoms with Gasteiger partial charge >= 0.3 is 0 Å². The molecular weight excluding hydrogens is 299 g/mol. The van der Waals surface area contributed by atoms with Crippen LogP contribution in [0.5, 0.6) is 0 Å². The highest BCUT2D eigenvalue weighted by Crippen LogP contribution is 2.39. The highest BCUT2D eigenvalue weighted by molar-refractivity contribution is 6.23. The summed E-state index contributed by atoms with van der Waals surface area (Å²) in [4.78, 5) is 40.3. The van der Waals surface area contributed by atoms with Gasteiger partial charge in [0.05, 0.1) is 12.1 Å². The second kappa shape index (κ2) is 5.15. The zero-order chi connectivity index (χ0) is 16.1. The third kappa shape index (κ3) is 2.52. The SMILES string of the molecule is O=C1CC(N(C(=O)C2CC2)C2CC2)C(=O)N1c1ccc(F)cc1. The molecule has 6 heteroatoms. The van der Waals surface area contributed by atoms with Crippen LogP contribution in [0.2, 0.25) is 0 Å². The van der Waals surface area contributed by atoms with Gasteiger partial charge < -0.3 is 4.90 Å². The molecule has 0 N–H and O–H groups in total. The molecule has 120 valence electrons. The van der Waals surface area contributed by atoms with Crippen molar-refractivity contribution in [2.75, 3.05) is 4.90 Å². The van der Waals surface area contributed by atoms with Crippen LogP contribution >= 0.6 is 0 Å². The van der Waals surface area contributed by atoms with E-state index in [0.29, 0.717) is 5.69 Å². The summed E-state index contributed by atoms with van der Waals surface area (Å²) in [6.45, 7) is 0. The van der Waals surface area contributed by atoms with Crippen LogP contribution in [0, 0.1) is 11.7 Å². The Hall–Kier alpha value is -2.24. The Bertz CT molecular complexity index is 680. The highest BCUT2D eigenvalue weighted by atomic mass is 19.1. The van der Waals surface area contributed by atoms with Crippen molar-refractivity contribution in [3.05, 3.63) is 30.1 Å². The summed E-state index contributed by atoms with van der Waals surface area (Å²) in [6.07, 6.45) is 3.56. The van der Waals surface area contributed by atoms with E-state index in [1.165, 1.54) is 24.3 Å². The molecule has 0 spiro atoms. The van der Waals surface area contributed by atoms with Gasteiger partial charge in [0, 0.05) is 12.0 Å². The number of anilines is 1. The van der Waals surface area contributed by atoms with Crippen LogP contribution in [0.1, 0.15) is 32.1 Å².